The van der Waals surface area contributed by atoms with Gasteiger partial charge in [-0.1, -0.05) is 0 Å². The molecule has 3 aromatic rings. The molecule has 1 aromatic heterocycles. The number of non-ortho nitro benzene ring substituents is 1. The van der Waals surface area contributed by atoms with Gasteiger partial charge in [-0.3, -0.25) is 10.1 Å². The molecule has 1 heterocycles. The highest BCUT2D eigenvalue weighted by atomic mass is 16.6. The van der Waals surface area contributed by atoms with Crippen LogP contribution in [-0.4, -0.2) is 42.0 Å². The fourth-order valence-electron chi connectivity index (χ4n) is 2.68. The number of hydrogen-bond acceptors (Lipinski definition) is 8. The second-order valence-corrected chi connectivity index (χ2v) is 5.81. The number of carbonyl (C=O) groups is 3. The number of nitro groups is 1. The number of benzene rings is 2. The maximum Gasteiger partial charge on any atom is 0.345 e. The first kappa shape index (κ1) is 19.5. The van der Waals surface area contributed by atoms with Crippen molar-refractivity contribution in [1.82, 2.24) is 4.98 Å². The number of aromatic nitrogens is 1. The van der Waals surface area contributed by atoms with E-state index in [2.05, 4.69) is 14.5 Å². The minimum atomic E-state index is -0.838. The van der Waals surface area contributed by atoms with E-state index in [0.717, 1.165) is 14.2 Å². The molecule has 0 saturated heterocycles. The summed E-state index contributed by atoms with van der Waals surface area (Å²) in [4.78, 5) is 49.5. The van der Waals surface area contributed by atoms with E-state index < -0.39 is 22.8 Å². The lowest BCUT2D eigenvalue weighted by Crippen LogP contribution is -2.11. The van der Waals surface area contributed by atoms with Crippen LogP contribution in [0.5, 0.6) is 5.75 Å². The fraction of sp³-hybridized carbons (Fsp3) is 0.105. The molecule has 0 unspecified atom stereocenters. The Balaban J connectivity index is 1.99. The summed E-state index contributed by atoms with van der Waals surface area (Å²) in [6.45, 7) is 0. The fourth-order valence-corrected chi connectivity index (χ4v) is 2.68. The summed E-state index contributed by atoms with van der Waals surface area (Å²) in [7, 11) is 2.33. The van der Waals surface area contributed by atoms with E-state index in [-0.39, 0.29) is 28.1 Å². The van der Waals surface area contributed by atoms with E-state index in [1.54, 1.807) is 0 Å². The summed E-state index contributed by atoms with van der Waals surface area (Å²) in [5, 5.41) is 11.3. The highest BCUT2D eigenvalue weighted by Crippen LogP contribution is 2.26. The van der Waals surface area contributed by atoms with Gasteiger partial charge in [0, 0.05) is 29.2 Å². The summed E-state index contributed by atoms with van der Waals surface area (Å²) < 4.78 is 14.6. The average Bonchev–Trinajstić information content (AvgIpc) is 3.15. The zero-order chi connectivity index (χ0) is 21.1. The second kappa shape index (κ2) is 7.80. The maximum atomic E-state index is 12.6. The van der Waals surface area contributed by atoms with Crippen molar-refractivity contribution in [2.24, 2.45) is 0 Å². The quantitative estimate of drug-likeness (QED) is 0.300. The third-order valence-corrected chi connectivity index (χ3v) is 4.06. The number of hydrogen-bond donors (Lipinski definition) is 1. The minimum absolute atomic E-state index is 0.0206. The Labute approximate surface area is 163 Å². The number of methoxy groups -OCH3 is 2. The van der Waals surface area contributed by atoms with E-state index in [9.17, 15) is 24.5 Å². The lowest BCUT2D eigenvalue weighted by Gasteiger charge is -2.08. The van der Waals surface area contributed by atoms with Crippen LogP contribution in [0.3, 0.4) is 0 Å². The predicted molar refractivity (Wildman–Crippen MR) is 99.0 cm³/mol. The molecule has 0 aliphatic heterocycles. The average molecular weight is 398 g/mol. The normalized spacial score (nSPS) is 10.4. The van der Waals surface area contributed by atoms with Crippen molar-refractivity contribution >= 4 is 34.5 Å². The number of fused-ring (bicyclic) bond motifs is 1. The number of rotatable bonds is 5. The molecule has 3 rings (SSSR count). The summed E-state index contributed by atoms with van der Waals surface area (Å²) in [6, 6.07) is 7.71. The molecule has 0 bridgehead atoms. The Kier molecular flexibility index (Phi) is 5.26. The lowest BCUT2D eigenvalue weighted by atomic mass is 10.1. The smallest absolute Gasteiger partial charge is 0.345 e. The van der Waals surface area contributed by atoms with E-state index >= 15 is 0 Å². The van der Waals surface area contributed by atoms with Gasteiger partial charge in [0.2, 0.25) is 0 Å². The number of esters is 3. The van der Waals surface area contributed by atoms with Crippen LogP contribution in [0.15, 0.2) is 42.6 Å². The summed E-state index contributed by atoms with van der Waals surface area (Å²) in [6.07, 6.45) is 1.35. The SMILES string of the molecule is COC(=O)c1cc(OC(=O)c2c[nH]c3ccc([N+](=O)[O-])cc23)cc(C(=O)OC)c1. The molecule has 0 aliphatic rings. The molecule has 0 radical (unpaired) electrons. The number of carbonyl (C=O) groups excluding carboxylic acids is 3. The Morgan fingerprint density at radius 1 is 0.931 bits per heavy atom. The highest BCUT2D eigenvalue weighted by molar-refractivity contribution is 6.05. The van der Waals surface area contributed by atoms with E-state index in [4.69, 9.17) is 4.74 Å². The minimum Gasteiger partial charge on any atom is -0.465 e. The van der Waals surface area contributed by atoms with Crippen molar-refractivity contribution in [3.8, 4) is 5.75 Å². The molecule has 2 aromatic carbocycles. The van der Waals surface area contributed by atoms with Gasteiger partial charge in [-0.15, -0.1) is 0 Å². The number of nitrogens with one attached hydrogen (secondary N) is 1. The monoisotopic (exact) mass is 398 g/mol. The zero-order valence-electron chi connectivity index (χ0n) is 15.3. The molecule has 29 heavy (non-hydrogen) atoms. The molecule has 0 aliphatic carbocycles. The Bertz CT molecular complexity index is 1110. The molecule has 1 N–H and O–H groups in total. The van der Waals surface area contributed by atoms with Gasteiger partial charge in [0.1, 0.15) is 5.75 Å². The van der Waals surface area contributed by atoms with Crippen molar-refractivity contribution in [2.75, 3.05) is 14.2 Å². The van der Waals surface area contributed by atoms with Crippen LogP contribution in [0.25, 0.3) is 10.9 Å². The molecule has 0 amide bonds. The van der Waals surface area contributed by atoms with Crippen molar-refractivity contribution in [3.63, 3.8) is 0 Å². The van der Waals surface area contributed by atoms with Gasteiger partial charge in [-0.2, -0.15) is 0 Å². The number of ether oxygens (including phenoxy) is 3. The summed E-state index contributed by atoms with van der Waals surface area (Å²) in [5.41, 5.74) is 0.320. The van der Waals surface area contributed by atoms with Gasteiger partial charge in [0.25, 0.3) is 5.69 Å². The maximum absolute atomic E-state index is 12.6. The first-order chi connectivity index (χ1) is 13.8. The van der Waals surface area contributed by atoms with Crippen LogP contribution >= 0.6 is 0 Å². The molecule has 0 atom stereocenters. The van der Waals surface area contributed by atoms with Crippen molar-refractivity contribution < 1.29 is 33.5 Å². The molecule has 0 spiro atoms. The van der Waals surface area contributed by atoms with Gasteiger partial charge in [-0.25, -0.2) is 14.4 Å². The van der Waals surface area contributed by atoms with Gasteiger partial charge in [0.15, 0.2) is 0 Å². The van der Waals surface area contributed by atoms with Gasteiger partial charge in [-0.05, 0) is 24.3 Å². The summed E-state index contributed by atoms with van der Waals surface area (Å²) >= 11 is 0. The van der Waals surface area contributed by atoms with Crippen LogP contribution in [0.2, 0.25) is 0 Å². The third kappa shape index (κ3) is 3.90. The second-order valence-electron chi connectivity index (χ2n) is 5.81. The molecule has 10 heteroatoms. The first-order valence-corrected chi connectivity index (χ1v) is 8.13. The molecule has 148 valence electrons. The number of aromatic amines is 1. The van der Waals surface area contributed by atoms with E-state index in [1.165, 1.54) is 42.6 Å². The molecular formula is C19H14N2O8. The van der Waals surface area contributed by atoms with Crippen molar-refractivity contribution in [1.29, 1.82) is 0 Å². The van der Waals surface area contributed by atoms with Gasteiger partial charge < -0.3 is 19.2 Å². The summed E-state index contributed by atoms with van der Waals surface area (Å²) in [5.74, 6) is -2.42. The Morgan fingerprint density at radius 3 is 2.10 bits per heavy atom. The number of nitro benzene ring substituents is 1. The van der Waals surface area contributed by atoms with Crippen molar-refractivity contribution in [2.45, 2.75) is 0 Å². The van der Waals surface area contributed by atoms with Gasteiger partial charge in [0.05, 0.1) is 35.8 Å². The molecule has 10 nitrogen and oxygen atoms in total. The van der Waals surface area contributed by atoms with Crippen LogP contribution in [-0.2, 0) is 9.47 Å². The number of H-pyrrole nitrogens is 1. The zero-order valence-corrected chi connectivity index (χ0v) is 15.3. The Hall–Kier alpha value is -4.21. The number of nitrogens with zero attached hydrogens (tertiary/aromatic N) is 1. The van der Waals surface area contributed by atoms with E-state index in [0.29, 0.717) is 10.9 Å². The Morgan fingerprint density at radius 2 is 1.55 bits per heavy atom. The predicted octanol–water partition coefficient (Wildman–Crippen LogP) is 2.87. The topological polar surface area (TPSA) is 138 Å². The first-order valence-electron chi connectivity index (χ1n) is 8.13. The van der Waals surface area contributed by atoms with Gasteiger partial charge >= 0.3 is 17.9 Å². The third-order valence-electron chi connectivity index (χ3n) is 4.06. The largest absolute Gasteiger partial charge is 0.465 e. The molecule has 0 fully saturated rings. The van der Waals surface area contributed by atoms with Crippen LogP contribution < -0.4 is 4.74 Å². The van der Waals surface area contributed by atoms with Crippen molar-refractivity contribution in [3.05, 3.63) is 69.4 Å². The molecular weight excluding hydrogens is 384 g/mol. The molecule has 0 saturated carbocycles. The highest BCUT2D eigenvalue weighted by Gasteiger charge is 2.20. The van der Waals surface area contributed by atoms with E-state index in [1.807, 2.05) is 0 Å². The van der Waals surface area contributed by atoms with Crippen LogP contribution in [0, 0.1) is 10.1 Å². The van der Waals surface area contributed by atoms with Crippen LogP contribution in [0.1, 0.15) is 31.1 Å². The standard InChI is InChI=1S/C19H14N2O8/c1-27-17(22)10-5-11(18(23)28-2)7-13(6-10)29-19(24)15-9-20-16-4-3-12(21(25)26)8-14(15)16/h3-9,20H,1-2H3. The van der Waals surface area contributed by atoms with Crippen LogP contribution in [0.4, 0.5) is 5.69 Å². The lowest BCUT2D eigenvalue weighted by molar-refractivity contribution is -0.384.